The lowest BCUT2D eigenvalue weighted by Gasteiger charge is -2.06. The summed E-state index contributed by atoms with van der Waals surface area (Å²) in [5.74, 6) is -1.21. The van der Waals surface area contributed by atoms with Crippen LogP contribution in [0, 0.1) is 6.92 Å². The molecule has 0 aliphatic rings. The van der Waals surface area contributed by atoms with Crippen LogP contribution in [0.25, 0.3) is 10.9 Å². The zero-order valence-electron chi connectivity index (χ0n) is 10.8. The van der Waals surface area contributed by atoms with Crippen LogP contribution < -0.4 is 0 Å². The van der Waals surface area contributed by atoms with Crippen molar-refractivity contribution < 1.29 is 19.7 Å². The van der Waals surface area contributed by atoms with Crippen molar-refractivity contribution in [3.8, 4) is 0 Å². The monoisotopic (exact) mass is 264 g/mol. The number of aromatic nitrogens is 2. The first-order chi connectivity index (χ1) is 9.01. The Morgan fingerprint density at radius 2 is 2.26 bits per heavy atom. The molecule has 0 fully saturated rings. The summed E-state index contributed by atoms with van der Waals surface area (Å²) in [5, 5.41) is 23.4. The van der Waals surface area contributed by atoms with Crippen molar-refractivity contribution in [2.24, 2.45) is 0 Å². The summed E-state index contributed by atoms with van der Waals surface area (Å²) in [6, 6.07) is 3.69. The standard InChI is InChI=1S/C13H16N2O4/c1-8-3-9(5-11(16)13(17)18)4-10-6-15(7-19-2)14-12(8)10/h3-4,6,11,16H,5,7H2,1-2H3,(H,17,18). The second-order valence-corrected chi connectivity index (χ2v) is 4.50. The van der Waals surface area contributed by atoms with E-state index in [2.05, 4.69) is 5.10 Å². The number of nitrogens with zero attached hydrogens (tertiary/aromatic N) is 2. The number of hydrogen-bond donors (Lipinski definition) is 2. The van der Waals surface area contributed by atoms with Gasteiger partial charge < -0.3 is 14.9 Å². The van der Waals surface area contributed by atoms with Crippen molar-refractivity contribution >= 4 is 16.9 Å². The lowest BCUT2D eigenvalue weighted by molar-refractivity contribution is -0.146. The third kappa shape index (κ3) is 2.91. The van der Waals surface area contributed by atoms with Crippen molar-refractivity contribution in [2.45, 2.75) is 26.2 Å². The number of carboxylic acids is 1. The van der Waals surface area contributed by atoms with Crippen LogP contribution in [-0.4, -0.2) is 39.2 Å². The van der Waals surface area contributed by atoms with Gasteiger partial charge in [-0.1, -0.05) is 6.07 Å². The quantitative estimate of drug-likeness (QED) is 0.839. The fourth-order valence-electron chi connectivity index (χ4n) is 2.06. The number of methoxy groups -OCH3 is 1. The van der Waals surface area contributed by atoms with Gasteiger partial charge >= 0.3 is 5.97 Å². The predicted octanol–water partition coefficient (Wildman–Crippen LogP) is 0.937. The van der Waals surface area contributed by atoms with Gasteiger partial charge in [-0.2, -0.15) is 5.10 Å². The molecule has 0 aliphatic carbocycles. The van der Waals surface area contributed by atoms with Gasteiger partial charge in [-0.3, -0.25) is 0 Å². The molecule has 2 rings (SSSR count). The average Bonchev–Trinajstić information content (AvgIpc) is 2.72. The summed E-state index contributed by atoms with van der Waals surface area (Å²) in [6.45, 7) is 2.27. The second kappa shape index (κ2) is 5.38. The molecule has 0 radical (unpaired) electrons. The Bertz CT molecular complexity index is 606. The number of aliphatic hydroxyl groups is 1. The lowest BCUT2D eigenvalue weighted by Crippen LogP contribution is -2.21. The summed E-state index contributed by atoms with van der Waals surface area (Å²) < 4.78 is 6.68. The number of carbonyl (C=O) groups is 1. The van der Waals surface area contributed by atoms with E-state index in [0.717, 1.165) is 22.0 Å². The minimum Gasteiger partial charge on any atom is -0.479 e. The molecule has 0 aliphatic heterocycles. The van der Waals surface area contributed by atoms with E-state index in [9.17, 15) is 9.90 Å². The molecule has 1 unspecified atom stereocenters. The molecule has 1 aromatic carbocycles. The molecule has 0 saturated heterocycles. The highest BCUT2D eigenvalue weighted by atomic mass is 16.5. The fourth-order valence-corrected chi connectivity index (χ4v) is 2.06. The van der Waals surface area contributed by atoms with Crippen molar-refractivity contribution in [3.05, 3.63) is 29.5 Å². The molecule has 102 valence electrons. The van der Waals surface area contributed by atoms with Crippen molar-refractivity contribution in [2.75, 3.05) is 7.11 Å². The first-order valence-corrected chi connectivity index (χ1v) is 5.87. The topological polar surface area (TPSA) is 84.6 Å². The van der Waals surface area contributed by atoms with Gasteiger partial charge in [0.2, 0.25) is 0 Å². The summed E-state index contributed by atoms with van der Waals surface area (Å²) in [6.07, 6.45) is 0.537. The molecule has 0 amide bonds. The van der Waals surface area contributed by atoms with Gasteiger partial charge in [0.1, 0.15) is 6.73 Å². The van der Waals surface area contributed by atoms with Gasteiger partial charge in [0.25, 0.3) is 0 Å². The Hall–Kier alpha value is -1.92. The van der Waals surface area contributed by atoms with Gasteiger partial charge in [0.15, 0.2) is 6.10 Å². The van der Waals surface area contributed by atoms with E-state index >= 15 is 0 Å². The van der Waals surface area contributed by atoms with Gasteiger partial charge in [-0.25, -0.2) is 9.48 Å². The van der Waals surface area contributed by atoms with Crippen LogP contribution in [0.4, 0.5) is 0 Å². The fraction of sp³-hybridized carbons (Fsp3) is 0.385. The Morgan fingerprint density at radius 1 is 1.53 bits per heavy atom. The first-order valence-electron chi connectivity index (χ1n) is 5.87. The summed E-state index contributed by atoms with van der Waals surface area (Å²) in [7, 11) is 1.59. The molecule has 1 atom stereocenters. The predicted molar refractivity (Wildman–Crippen MR) is 68.8 cm³/mol. The molecule has 1 aromatic heterocycles. The number of rotatable bonds is 5. The van der Waals surface area contributed by atoms with Crippen LogP contribution in [-0.2, 0) is 22.7 Å². The number of aliphatic hydroxyl groups excluding tert-OH is 1. The first kappa shape index (κ1) is 13.5. The number of ether oxygens (including phenoxy) is 1. The van der Waals surface area contributed by atoms with Crippen LogP contribution >= 0.6 is 0 Å². The van der Waals surface area contributed by atoms with E-state index in [4.69, 9.17) is 9.84 Å². The second-order valence-electron chi connectivity index (χ2n) is 4.50. The maximum Gasteiger partial charge on any atom is 0.332 e. The Balaban J connectivity index is 2.34. The number of benzene rings is 1. The van der Waals surface area contributed by atoms with Crippen LogP contribution in [0.5, 0.6) is 0 Å². The third-order valence-electron chi connectivity index (χ3n) is 2.88. The molecule has 0 bridgehead atoms. The molecule has 2 N–H and O–H groups in total. The van der Waals surface area contributed by atoms with E-state index < -0.39 is 12.1 Å². The van der Waals surface area contributed by atoms with E-state index in [-0.39, 0.29) is 6.42 Å². The molecule has 0 spiro atoms. The largest absolute Gasteiger partial charge is 0.479 e. The van der Waals surface area contributed by atoms with Gasteiger partial charge in [-0.15, -0.1) is 0 Å². The van der Waals surface area contributed by atoms with E-state index in [1.54, 1.807) is 11.8 Å². The highest BCUT2D eigenvalue weighted by Crippen LogP contribution is 2.20. The van der Waals surface area contributed by atoms with Crippen molar-refractivity contribution in [1.29, 1.82) is 0 Å². The molecular formula is C13H16N2O4. The number of fused-ring (bicyclic) bond motifs is 1. The molecule has 2 aromatic rings. The normalized spacial score (nSPS) is 12.8. The van der Waals surface area contributed by atoms with Crippen LogP contribution in [0.1, 0.15) is 11.1 Å². The minimum atomic E-state index is -1.38. The number of hydrogen-bond acceptors (Lipinski definition) is 4. The van der Waals surface area contributed by atoms with E-state index in [1.165, 1.54) is 0 Å². The third-order valence-corrected chi connectivity index (χ3v) is 2.88. The average molecular weight is 264 g/mol. The molecule has 1 heterocycles. The number of aryl methyl sites for hydroxylation is 1. The van der Waals surface area contributed by atoms with Gasteiger partial charge in [0, 0.05) is 25.1 Å². The van der Waals surface area contributed by atoms with Crippen LogP contribution in [0.2, 0.25) is 0 Å². The van der Waals surface area contributed by atoms with Gasteiger partial charge in [0.05, 0.1) is 5.52 Å². The Morgan fingerprint density at radius 3 is 2.89 bits per heavy atom. The molecule has 0 saturated carbocycles. The molecule has 6 nitrogen and oxygen atoms in total. The van der Waals surface area contributed by atoms with Gasteiger partial charge in [-0.05, 0) is 24.1 Å². The van der Waals surface area contributed by atoms with E-state index in [1.807, 2.05) is 25.3 Å². The number of aliphatic carboxylic acids is 1. The maximum absolute atomic E-state index is 10.7. The lowest BCUT2D eigenvalue weighted by atomic mass is 10.0. The Kier molecular flexibility index (Phi) is 3.82. The van der Waals surface area contributed by atoms with Crippen molar-refractivity contribution in [1.82, 2.24) is 9.78 Å². The minimum absolute atomic E-state index is 0.0849. The Labute approximate surface area is 110 Å². The zero-order chi connectivity index (χ0) is 14.0. The summed E-state index contributed by atoms with van der Waals surface area (Å²) >= 11 is 0. The molecular weight excluding hydrogens is 248 g/mol. The maximum atomic E-state index is 10.7. The smallest absolute Gasteiger partial charge is 0.332 e. The zero-order valence-corrected chi connectivity index (χ0v) is 10.8. The van der Waals surface area contributed by atoms with Crippen molar-refractivity contribution in [3.63, 3.8) is 0 Å². The highest BCUT2D eigenvalue weighted by molar-refractivity contribution is 5.82. The van der Waals surface area contributed by atoms with Crippen LogP contribution in [0.15, 0.2) is 18.3 Å². The SMILES string of the molecule is COCn1cc2cc(CC(O)C(=O)O)cc(C)c2n1. The summed E-state index contributed by atoms with van der Waals surface area (Å²) in [5.41, 5.74) is 2.57. The van der Waals surface area contributed by atoms with Crippen LogP contribution in [0.3, 0.4) is 0 Å². The highest BCUT2D eigenvalue weighted by Gasteiger charge is 2.15. The van der Waals surface area contributed by atoms with E-state index in [0.29, 0.717) is 6.73 Å². The number of carboxylic acid groups (broad SMARTS) is 1. The summed E-state index contributed by atoms with van der Waals surface area (Å²) in [4.78, 5) is 10.7. The molecule has 6 heteroatoms. The molecule has 19 heavy (non-hydrogen) atoms.